The molecule has 0 aromatic rings. The Morgan fingerprint density at radius 3 is 2.59 bits per heavy atom. The van der Waals surface area contributed by atoms with Crippen LogP contribution in [0.5, 0.6) is 0 Å². The minimum absolute atomic E-state index is 0.0273. The molecule has 0 amide bonds. The van der Waals surface area contributed by atoms with Gasteiger partial charge in [-0.3, -0.25) is 9.05 Å². The van der Waals surface area contributed by atoms with Gasteiger partial charge in [0.15, 0.2) is 6.29 Å². The molecular weight excluding hydrogens is 314 g/mol. The van der Waals surface area contributed by atoms with Gasteiger partial charge in [-0.15, -0.1) is 0 Å². The molecule has 3 unspecified atom stereocenters. The van der Waals surface area contributed by atoms with Crippen LogP contribution in [0, 0.1) is 5.92 Å². The quantitative estimate of drug-likeness (QED) is 0.501. The van der Waals surface area contributed by atoms with Crippen LogP contribution in [0.3, 0.4) is 0 Å². The second kappa shape index (κ2) is 7.72. The van der Waals surface area contributed by atoms with Gasteiger partial charge in [-0.1, -0.05) is 6.92 Å². The van der Waals surface area contributed by atoms with Crippen molar-refractivity contribution in [2.24, 2.45) is 5.92 Å². The predicted octanol–water partition coefficient (Wildman–Crippen LogP) is 0.162. The molecule has 7 atom stereocenters. The van der Waals surface area contributed by atoms with Gasteiger partial charge in [-0.05, 0) is 12.3 Å². The van der Waals surface area contributed by atoms with Crippen LogP contribution in [-0.4, -0.2) is 68.8 Å². The third kappa shape index (κ3) is 5.01. The van der Waals surface area contributed by atoms with E-state index in [0.29, 0.717) is 6.42 Å². The standard InChI is InChI=1S/C12H22BO8P/c1-7-3-12(14)20-9(7)6-18-22(15,16)21-8-4-11(13)19-10(8)5-17-2/h7-12,14H,3-6H2,1-2H3,(H,15,16)/t7?,8?,9-,10-,11-,12-/m1/s1. The van der Waals surface area contributed by atoms with Gasteiger partial charge in [0, 0.05) is 19.5 Å². The highest BCUT2D eigenvalue weighted by atomic mass is 31.2. The van der Waals surface area contributed by atoms with Gasteiger partial charge < -0.3 is 24.2 Å². The highest BCUT2D eigenvalue weighted by Crippen LogP contribution is 2.47. The molecule has 2 N–H and O–H groups in total. The third-order valence-electron chi connectivity index (χ3n) is 3.77. The van der Waals surface area contributed by atoms with E-state index in [9.17, 15) is 14.6 Å². The molecule has 0 aromatic heterocycles. The molecule has 8 nitrogen and oxygen atoms in total. The molecule has 10 heteroatoms. The first-order valence-corrected chi connectivity index (χ1v) is 8.69. The lowest BCUT2D eigenvalue weighted by atomic mass is 9.96. The SMILES string of the molecule is [B][C@H]1CC(OP(=O)(O)OC[C@H]2O[C@@H](O)CC2C)[C@@H](COC)O1. The normalized spacial score (nSPS) is 41.6. The van der Waals surface area contributed by atoms with Crippen LogP contribution in [-0.2, 0) is 27.8 Å². The molecule has 0 bridgehead atoms. The minimum atomic E-state index is -4.28. The van der Waals surface area contributed by atoms with Crippen molar-refractivity contribution in [2.45, 2.75) is 50.4 Å². The van der Waals surface area contributed by atoms with E-state index in [4.69, 9.17) is 31.1 Å². The smallest absolute Gasteiger partial charge is 0.382 e. The number of rotatable bonds is 7. The Morgan fingerprint density at radius 1 is 1.27 bits per heavy atom. The molecule has 2 fully saturated rings. The Bertz CT molecular complexity index is 411. The zero-order valence-corrected chi connectivity index (χ0v) is 13.6. The number of ether oxygens (including phenoxy) is 3. The molecule has 0 aliphatic carbocycles. The van der Waals surface area contributed by atoms with Crippen molar-refractivity contribution >= 4 is 15.7 Å². The lowest BCUT2D eigenvalue weighted by Crippen LogP contribution is -2.29. The Hall–Kier alpha value is 0.0149. The molecule has 22 heavy (non-hydrogen) atoms. The summed E-state index contributed by atoms with van der Waals surface area (Å²) >= 11 is 0. The predicted molar refractivity (Wildman–Crippen MR) is 76.2 cm³/mol. The first kappa shape index (κ1) is 18.4. The summed E-state index contributed by atoms with van der Waals surface area (Å²) < 4.78 is 37.7. The molecule has 2 aliphatic heterocycles. The van der Waals surface area contributed by atoms with Crippen molar-refractivity contribution in [1.29, 1.82) is 0 Å². The van der Waals surface area contributed by atoms with Gasteiger partial charge in [-0.2, -0.15) is 0 Å². The van der Waals surface area contributed by atoms with Crippen molar-refractivity contribution < 1.29 is 37.8 Å². The molecule has 2 aliphatic rings. The highest BCUT2D eigenvalue weighted by molar-refractivity contribution is 7.47. The van der Waals surface area contributed by atoms with Gasteiger partial charge in [0.25, 0.3) is 0 Å². The summed E-state index contributed by atoms with van der Waals surface area (Å²) in [4.78, 5) is 9.82. The largest absolute Gasteiger partial charge is 0.472 e. The van der Waals surface area contributed by atoms with Gasteiger partial charge in [0.1, 0.15) is 14.0 Å². The van der Waals surface area contributed by atoms with Crippen molar-refractivity contribution in [3.8, 4) is 0 Å². The van der Waals surface area contributed by atoms with Gasteiger partial charge in [0.2, 0.25) is 0 Å². The van der Waals surface area contributed by atoms with Crippen LogP contribution in [0.25, 0.3) is 0 Å². The minimum Gasteiger partial charge on any atom is -0.382 e. The topological polar surface area (TPSA) is 104 Å². The Balaban J connectivity index is 1.83. The molecule has 2 radical (unpaired) electrons. The zero-order valence-electron chi connectivity index (χ0n) is 12.7. The summed E-state index contributed by atoms with van der Waals surface area (Å²) in [5, 5.41) is 9.37. The average molecular weight is 336 g/mol. The number of phosphoric ester groups is 1. The molecule has 0 aromatic carbocycles. The average Bonchev–Trinajstić information content (AvgIpc) is 2.90. The highest BCUT2D eigenvalue weighted by Gasteiger charge is 2.40. The Morgan fingerprint density at radius 2 is 2.00 bits per heavy atom. The summed E-state index contributed by atoms with van der Waals surface area (Å²) in [5.74, 6) is 0.0273. The third-order valence-corrected chi connectivity index (χ3v) is 4.78. The Kier molecular flexibility index (Phi) is 6.44. The molecule has 2 rings (SSSR count). The first-order chi connectivity index (χ1) is 10.3. The number of methoxy groups -OCH3 is 1. The summed E-state index contributed by atoms with van der Waals surface area (Å²) in [6.07, 6.45) is -1.78. The monoisotopic (exact) mass is 336 g/mol. The van der Waals surface area contributed by atoms with E-state index < -0.39 is 38.4 Å². The number of aliphatic hydroxyl groups is 1. The van der Waals surface area contributed by atoms with E-state index in [1.54, 1.807) is 0 Å². The van der Waals surface area contributed by atoms with Crippen LogP contribution < -0.4 is 0 Å². The van der Waals surface area contributed by atoms with E-state index in [0.717, 1.165) is 0 Å². The van der Waals surface area contributed by atoms with Crippen LogP contribution in [0.2, 0.25) is 0 Å². The first-order valence-electron chi connectivity index (χ1n) is 7.20. The number of phosphoric acid groups is 1. The molecule has 2 saturated heterocycles. The van der Waals surface area contributed by atoms with Crippen molar-refractivity contribution in [3.05, 3.63) is 0 Å². The van der Waals surface area contributed by atoms with Gasteiger partial charge in [-0.25, -0.2) is 4.57 Å². The van der Waals surface area contributed by atoms with E-state index in [1.165, 1.54) is 7.11 Å². The molecule has 0 spiro atoms. The second-order valence-corrected chi connectivity index (χ2v) is 7.06. The second-order valence-electron chi connectivity index (χ2n) is 5.65. The fraction of sp³-hybridized carbons (Fsp3) is 1.00. The fourth-order valence-corrected chi connectivity index (χ4v) is 3.56. The summed E-state index contributed by atoms with van der Waals surface area (Å²) in [5.41, 5.74) is 0. The van der Waals surface area contributed by atoms with Crippen LogP contribution in [0.1, 0.15) is 19.8 Å². The fourth-order valence-electron chi connectivity index (χ4n) is 2.60. The van der Waals surface area contributed by atoms with E-state index in [1.807, 2.05) is 6.92 Å². The van der Waals surface area contributed by atoms with E-state index in [2.05, 4.69) is 0 Å². The molecular formula is C12H22BO8P. The van der Waals surface area contributed by atoms with Crippen LogP contribution in [0.15, 0.2) is 0 Å². The maximum Gasteiger partial charge on any atom is 0.472 e. The zero-order chi connectivity index (χ0) is 16.3. The lowest BCUT2D eigenvalue weighted by Gasteiger charge is -2.22. The number of aliphatic hydroxyl groups excluding tert-OH is 1. The summed E-state index contributed by atoms with van der Waals surface area (Å²) in [6.45, 7) is 1.93. The molecule has 2 heterocycles. The number of hydrogen-bond acceptors (Lipinski definition) is 7. The summed E-state index contributed by atoms with van der Waals surface area (Å²) in [6, 6.07) is -0.571. The van der Waals surface area contributed by atoms with Crippen molar-refractivity contribution in [3.63, 3.8) is 0 Å². The van der Waals surface area contributed by atoms with Crippen molar-refractivity contribution in [1.82, 2.24) is 0 Å². The Labute approximate surface area is 131 Å². The van der Waals surface area contributed by atoms with Gasteiger partial charge >= 0.3 is 7.82 Å². The molecule has 126 valence electrons. The maximum atomic E-state index is 12.0. The maximum absolute atomic E-state index is 12.0. The van der Waals surface area contributed by atoms with E-state index in [-0.39, 0.29) is 25.6 Å². The summed E-state index contributed by atoms with van der Waals surface area (Å²) in [7, 11) is 2.86. The van der Waals surface area contributed by atoms with Crippen LogP contribution in [0.4, 0.5) is 0 Å². The van der Waals surface area contributed by atoms with Crippen molar-refractivity contribution in [2.75, 3.05) is 20.3 Å². The van der Waals surface area contributed by atoms with Crippen LogP contribution >= 0.6 is 7.82 Å². The van der Waals surface area contributed by atoms with Gasteiger partial charge in [0.05, 0.1) is 25.4 Å². The molecule has 0 saturated carbocycles. The number of hydrogen-bond donors (Lipinski definition) is 2. The van der Waals surface area contributed by atoms with E-state index >= 15 is 0 Å². The lowest BCUT2D eigenvalue weighted by molar-refractivity contribution is -0.104.